The van der Waals surface area contributed by atoms with E-state index < -0.39 is 11.9 Å². The van der Waals surface area contributed by atoms with E-state index in [0.29, 0.717) is 23.7 Å². The maximum absolute atomic E-state index is 12.6. The summed E-state index contributed by atoms with van der Waals surface area (Å²) < 4.78 is 19.4. The van der Waals surface area contributed by atoms with E-state index in [1.54, 1.807) is 6.07 Å². The number of nitrogens with one attached hydrogen (secondary N) is 1. The molecule has 0 heterocycles. The molecule has 0 aliphatic rings. The van der Waals surface area contributed by atoms with Gasteiger partial charge in [0.25, 0.3) is 0 Å². The number of hydrogen-bond donors (Lipinski definition) is 2. The average molecular weight is 537 g/mol. The third kappa shape index (κ3) is 7.37. The van der Waals surface area contributed by atoms with Crippen LogP contribution in [-0.2, 0) is 6.54 Å². The van der Waals surface area contributed by atoms with E-state index in [-0.39, 0.29) is 5.56 Å². The van der Waals surface area contributed by atoms with Crippen LogP contribution in [0.15, 0.2) is 53.0 Å². The number of benzene rings is 3. The monoisotopic (exact) mass is 535 g/mol. The van der Waals surface area contributed by atoms with Gasteiger partial charge in [-0.1, -0.05) is 46.6 Å². The van der Waals surface area contributed by atoms with Crippen LogP contribution in [0.2, 0.25) is 5.02 Å². The molecule has 7 heteroatoms. The molecular formula is C26H28BrClFNO3. The van der Waals surface area contributed by atoms with E-state index in [9.17, 15) is 14.3 Å². The molecule has 0 saturated heterocycles. The van der Waals surface area contributed by atoms with Crippen LogP contribution in [-0.4, -0.2) is 18.4 Å². The van der Waals surface area contributed by atoms with Gasteiger partial charge < -0.3 is 15.2 Å². The Kier molecular flexibility index (Phi) is 10.5. The van der Waals surface area contributed by atoms with Crippen LogP contribution < -0.4 is 10.1 Å². The van der Waals surface area contributed by atoms with Crippen molar-refractivity contribution in [2.24, 2.45) is 0 Å². The topological polar surface area (TPSA) is 58.6 Å². The number of ether oxygens (including phenoxy) is 1. The number of rotatable bonds is 7. The molecule has 33 heavy (non-hydrogen) atoms. The minimum atomic E-state index is -0.496. The molecular weight excluding hydrogens is 509 g/mol. The second kappa shape index (κ2) is 12.8. The molecule has 1 atom stereocenters. The first kappa shape index (κ1) is 27.0. The number of carbonyl (C=O) groups is 1. The summed E-state index contributed by atoms with van der Waals surface area (Å²) >= 11 is 9.23. The molecule has 0 bridgehead atoms. The lowest BCUT2D eigenvalue weighted by Crippen LogP contribution is -2.07. The zero-order chi connectivity index (χ0) is 24.5. The Hall–Kier alpha value is -2.25. The van der Waals surface area contributed by atoms with Crippen LogP contribution in [0.3, 0.4) is 0 Å². The molecule has 4 nitrogen and oxygen atoms in total. The Bertz CT molecular complexity index is 1110. The molecule has 3 aromatic rings. The molecule has 0 aliphatic carbocycles. The normalized spacial score (nSPS) is 11.4. The van der Waals surface area contributed by atoms with Crippen molar-refractivity contribution in [3.8, 4) is 11.5 Å². The van der Waals surface area contributed by atoms with Gasteiger partial charge in [-0.2, -0.15) is 0 Å². The number of hydrogen-bond acceptors (Lipinski definition) is 4. The number of carbonyl (C=O) groups excluding carboxylic acids is 1. The highest BCUT2D eigenvalue weighted by Gasteiger charge is 2.13. The summed E-state index contributed by atoms with van der Waals surface area (Å²) in [6.45, 7) is 6.64. The maximum Gasteiger partial charge on any atom is 0.152 e. The number of halogens is 3. The fourth-order valence-electron chi connectivity index (χ4n) is 3.03. The third-order valence-corrected chi connectivity index (χ3v) is 6.11. The van der Waals surface area contributed by atoms with Gasteiger partial charge in [0.1, 0.15) is 17.3 Å². The second-order valence-electron chi connectivity index (χ2n) is 7.50. The van der Waals surface area contributed by atoms with Crippen molar-refractivity contribution in [1.82, 2.24) is 5.32 Å². The standard InChI is InChI=1S/C19H24ClNO2.C7H4BrFO/c1-5-17(22)14-6-7-15(11-21-4)19(10-14)23-18-9-8-16(20)12(2)13(18)3;8-6-2-1-5(4-10)7(9)3-6/h6-10,17,21-22H,5,11H2,1-4H3;1-4H. The predicted octanol–water partition coefficient (Wildman–Crippen LogP) is 7.31. The van der Waals surface area contributed by atoms with Gasteiger partial charge in [-0.15, -0.1) is 0 Å². The van der Waals surface area contributed by atoms with Crippen LogP contribution in [0.25, 0.3) is 0 Å². The van der Waals surface area contributed by atoms with Crippen LogP contribution >= 0.6 is 27.5 Å². The lowest BCUT2D eigenvalue weighted by atomic mass is 10.0. The quantitative estimate of drug-likeness (QED) is 0.311. The van der Waals surface area contributed by atoms with Crippen molar-refractivity contribution in [2.45, 2.75) is 39.8 Å². The van der Waals surface area contributed by atoms with Crippen molar-refractivity contribution in [1.29, 1.82) is 0 Å². The van der Waals surface area contributed by atoms with E-state index in [4.69, 9.17) is 16.3 Å². The van der Waals surface area contributed by atoms with Gasteiger partial charge >= 0.3 is 0 Å². The highest BCUT2D eigenvalue weighted by molar-refractivity contribution is 9.10. The molecule has 0 aromatic heterocycles. The van der Waals surface area contributed by atoms with Crippen molar-refractivity contribution in [3.05, 3.63) is 91.7 Å². The highest BCUT2D eigenvalue weighted by Crippen LogP contribution is 2.34. The minimum absolute atomic E-state index is 0.0863. The first-order valence-corrected chi connectivity index (χ1v) is 11.7. The zero-order valence-electron chi connectivity index (χ0n) is 19.1. The summed E-state index contributed by atoms with van der Waals surface area (Å²) in [6, 6.07) is 13.9. The molecule has 0 spiro atoms. The van der Waals surface area contributed by atoms with Gasteiger partial charge in [0.2, 0.25) is 0 Å². The van der Waals surface area contributed by atoms with Crippen LogP contribution in [0.5, 0.6) is 11.5 Å². The van der Waals surface area contributed by atoms with Gasteiger partial charge in [0.05, 0.1) is 11.7 Å². The Morgan fingerprint density at radius 1 is 1.12 bits per heavy atom. The Morgan fingerprint density at radius 2 is 1.85 bits per heavy atom. The summed E-state index contributed by atoms with van der Waals surface area (Å²) in [5, 5.41) is 14.0. The van der Waals surface area contributed by atoms with E-state index in [1.165, 1.54) is 12.1 Å². The third-order valence-electron chi connectivity index (χ3n) is 5.21. The molecule has 0 radical (unpaired) electrons. The molecule has 0 fully saturated rings. The maximum atomic E-state index is 12.6. The lowest BCUT2D eigenvalue weighted by Gasteiger charge is -2.17. The molecule has 0 saturated carbocycles. The SMILES string of the molecule is CCC(O)c1ccc(CNC)c(Oc2ccc(Cl)c(C)c2C)c1.O=Cc1ccc(Br)cc1F. The first-order valence-electron chi connectivity index (χ1n) is 10.5. The molecule has 0 amide bonds. The first-order chi connectivity index (χ1) is 15.7. The van der Waals surface area contributed by atoms with Crippen molar-refractivity contribution < 1.29 is 19.0 Å². The summed E-state index contributed by atoms with van der Waals surface area (Å²) in [4.78, 5) is 10.1. The van der Waals surface area contributed by atoms with E-state index in [2.05, 4.69) is 21.2 Å². The van der Waals surface area contributed by atoms with Crippen molar-refractivity contribution in [2.75, 3.05) is 7.05 Å². The molecule has 1 unspecified atom stereocenters. The largest absolute Gasteiger partial charge is 0.457 e. The summed E-state index contributed by atoms with van der Waals surface area (Å²) in [7, 11) is 1.90. The Balaban J connectivity index is 0.000000321. The molecule has 3 aromatic carbocycles. The van der Waals surface area contributed by atoms with Crippen LogP contribution in [0, 0.1) is 19.7 Å². The Morgan fingerprint density at radius 3 is 2.45 bits per heavy atom. The lowest BCUT2D eigenvalue weighted by molar-refractivity contribution is 0.111. The minimum Gasteiger partial charge on any atom is -0.457 e. The molecule has 0 aliphatic heterocycles. The Labute approximate surface area is 207 Å². The second-order valence-corrected chi connectivity index (χ2v) is 8.83. The smallest absolute Gasteiger partial charge is 0.152 e. The van der Waals surface area contributed by atoms with Crippen molar-refractivity contribution in [3.63, 3.8) is 0 Å². The van der Waals surface area contributed by atoms with E-state index >= 15 is 0 Å². The average Bonchev–Trinajstić information content (AvgIpc) is 2.80. The molecule has 176 valence electrons. The highest BCUT2D eigenvalue weighted by atomic mass is 79.9. The van der Waals surface area contributed by atoms with E-state index in [0.717, 1.165) is 38.8 Å². The zero-order valence-corrected chi connectivity index (χ0v) is 21.4. The summed E-state index contributed by atoms with van der Waals surface area (Å²) in [5.74, 6) is 1.05. The van der Waals surface area contributed by atoms with Crippen LogP contribution in [0.1, 0.15) is 52.1 Å². The van der Waals surface area contributed by atoms with Gasteiger partial charge in [0.15, 0.2) is 6.29 Å². The van der Waals surface area contributed by atoms with Crippen molar-refractivity contribution >= 4 is 33.8 Å². The fourth-order valence-corrected chi connectivity index (χ4v) is 3.57. The number of aldehydes is 1. The van der Waals surface area contributed by atoms with Gasteiger partial charge in [-0.25, -0.2) is 4.39 Å². The molecule has 3 rings (SSSR count). The molecule has 2 N–H and O–H groups in total. The number of aliphatic hydroxyl groups excluding tert-OH is 1. The predicted molar refractivity (Wildman–Crippen MR) is 135 cm³/mol. The summed E-state index contributed by atoms with van der Waals surface area (Å²) in [6.07, 6.45) is 0.681. The number of aliphatic hydroxyl groups is 1. The van der Waals surface area contributed by atoms with E-state index in [1.807, 2.05) is 58.2 Å². The van der Waals surface area contributed by atoms with Crippen LogP contribution in [0.4, 0.5) is 4.39 Å². The summed E-state index contributed by atoms with van der Waals surface area (Å²) in [5.41, 5.74) is 4.04. The van der Waals surface area contributed by atoms with Gasteiger partial charge in [0, 0.05) is 21.6 Å². The van der Waals surface area contributed by atoms with Gasteiger partial charge in [-0.05, 0) is 80.4 Å². The van der Waals surface area contributed by atoms with Gasteiger partial charge in [-0.3, -0.25) is 4.79 Å². The fraction of sp³-hybridized carbons (Fsp3) is 0.269.